The minimum absolute atomic E-state index is 0.251. The summed E-state index contributed by atoms with van der Waals surface area (Å²) in [5, 5.41) is 10.3. The SMILES string of the molecule is O=[PH](O[C@@H]1CO[C@H]2[C@@H]1OC[C@@H]2O)c1ccccc1. The molecule has 2 heterocycles. The first-order chi connectivity index (χ1) is 8.75. The monoisotopic (exact) mass is 270 g/mol. The average molecular weight is 270 g/mol. The molecule has 0 aliphatic carbocycles. The number of benzene rings is 1. The summed E-state index contributed by atoms with van der Waals surface area (Å²) in [4.78, 5) is 0. The Balaban J connectivity index is 1.66. The van der Waals surface area contributed by atoms with Crippen LogP contribution in [0, 0.1) is 0 Å². The third-order valence-electron chi connectivity index (χ3n) is 3.25. The van der Waals surface area contributed by atoms with Crippen LogP contribution in [0.15, 0.2) is 30.3 Å². The van der Waals surface area contributed by atoms with Crippen LogP contribution in [0.3, 0.4) is 0 Å². The zero-order valence-corrected chi connectivity index (χ0v) is 10.7. The fourth-order valence-corrected chi connectivity index (χ4v) is 3.40. The second-order valence-electron chi connectivity index (χ2n) is 4.47. The van der Waals surface area contributed by atoms with Gasteiger partial charge in [-0.25, -0.2) is 0 Å². The molecule has 1 aromatic carbocycles. The highest BCUT2D eigenvalue weighted by Gasteiger charge is 2.48. The fraction of sp³-hybridized carbons (Fsp3) is 0.500. The number of hydrogen-bond acceptors (Lipinski definition) is 5. The summed E-state index contributed by atoms with van der Waals surface area (Å²) in [5.74, 6) is 0. The Morgan fingerprint density at radius 2 is 1.89 bits per heavy atom. The predicted molar refractivity (Wildman–Crippen MR) is 65.4 cm³/mol. The molecular formula is C12H15O5P. The summed E-state index contributed by atoms with van der Waals surface area (Å²) in [6.07, 6.45) is -1.63. The molecule has 2 aliphatic rings. The molecule has 2 fully saturated rings. The number of rotatable bonds is 3. The normalized spacial score (nSPS) is 36.5. The van der Waals surface area contributed by atoms with Gasteiger partial charge < -0.3 is 19.1 Å². The van der Waals surface area contributed by atoms with Crippen molar-refractivity contribution in [3.05, 3.63) is 30.3 Å². The first-order valence-corrected chi connectivity index (χ1v) is 7.24. The van der Waals surface area contributed by atoms with Crippen LogP contribution in [0.2, 0.25) is 0 Å². The van der Waals surface area contributed by atoms with Crippen molar-refractivity contribution in [2.45, 2.75) is 24.4 Å². The Labute approximate surface area is 106 Å². The summed E-state index contributed by atoms with van der Waals surface area (Å²) in [6.45, 7) is 0.567. The van der Waals surface area contributed by atoms with E-state index in [1.54, 1.807) is 12.1 Å². The Morgan fingerprint density at radius 1 is 1.17 bits per heavy atom. The van der Waals surface area contributed by atoms with E-state index in [0.717, 1.165) is 0 Å². The standard InChI is InChI=1S/C12H15O5P/c13-9-6-15-12-10(7-16-11(9)12)17-18(14)8-4-2-1-3-5-8/h1-5,9-13,18H,6-7H2/t9-,10+,11+,12+/m0/s1. The van der Waals surface area contributed by atoms with E-state index in [9.17, 15) is 9.67 Å². The minimum Gasteiger partial charge on any atom is -0.388 e. The lowest BCUT2D eigenvalue weighted by molar-refractivity contribution is 0.0103. The summed E-state index contributed by atoms with van der Waals surface area (Å²) < 4.78 is 28.4. The Morgan fingerprint density at radius 3 is 2.67 bits per heavy atom. The summed E-state index contributed by atoms with van der Waals surface area (Å²) in [6, 6.07) is 9.07. The van der Waals surface area contributed by atoms with Gasteiger partial charge in [-0.3, -0.25) is 4.57 Å². The lowest BCUT2D eigenvalue weighted by Crippen LogP contribution is -2.32. The molecule has 18 heavy (non-hydrogen) atoms. The van der Waals surface area contributed by atoms with E-state index in [0.29, 0.717) is 11.9 Å². The van der Waals surface area contributed by atoms with Gasteiger partial charge in [0.25, 0.3) is 0 Å². The van der Waals surface area contributed by atoms with E-state index in [1.807, 2.05) is 18.2 Å². The van der Waals surface area contributed by atoms with Crippen LogP contribution in [0.4, 0.5) is 0 Å². The molecule has 5 atom stereocenters. The molecule has 0 saturated carbocycles. The molecule has 0 aromatic heterocycles. The van der Waals surface area contributed by atoms with E-state index in [2.05, 4.69) is 0 Å². The van der Waals surface area contributed by atoms with Crippen molar-refractivity contribution in [2.24, 2.45) is 0 Å². The first kappa shape index (κ1) is 12.3. The molecule has 0 spiro atoms. The third kappa shape index (κ3) is 2.25. The largest absolute Gasteiger partial charge is 0.388 e. The van der Waals surface area contributed by atoms with Crippen LogP contribution in [-0.2, 0) is 18.6 Å². The van der Waals surface area contributed by atoms with Gasteiger partial charge >= 0.3 is 0 Å². The topological polar surface area (TPSA) is 65.0 Å². The lowest BCUT2D eigenvalue weighted by Gasteiger charge is -2.16. The van der Waals surface area contributed by atoms with E-state index in [1.165, 1.54) is 0 Å². The molecular weight excluding hydrogens is 255 g/mol. The second kappa shape index (κ2) is 5.11. The van der Waals surface area contributed by atoms with Gasteiger partial charge in [-0.15, -0.1) is 0 Å². The molecule has 0 amide bonds. The highest BCUT2D eigenvalue weighted by Crippen LogP contribution is 2.34. The van der Waals surface area contributed by atoms with Crippen LogP contribution < -0.4 is 5.30 Å². The summed E-state index contributed by atoms with van der Waals surface area (Å²) in [5.41, 5.74) is 0. The van der Waals surface area contributed by atoms with Crippen molar-refractivity contribution in [3.8, 4) is 0 Å². The summed E-state index contributed by atoms with van der Waals surface area (Å²) in [7, 11) is -2.30. The summed E-state index contributed by atoms with van der Waals surface area (Å²) >= 11 is 0. The molecule has 1 unspecified atom stereocenters. The minimum atomic E-state index is -2.30. The van der Waals surface area contributed by atoms with Crippen molar-refractivity contribution < 1.29 is 23.7 Å². The van der Waals surface area contributed by atoms with Crippen LogP contribution in [-0.4, -0.2) is 42.7 Å². The van der Waals surface area contributed by atoms with Gasteiger partial charge in [0.15, 0.2) is 0 Å². The van der Waals surface area contributed by atoms with Gasteiger partial charge in [0.1, 0.15) is 24.4 Å². The van der Waals surface area contributed by atoms with Crippen molar-refractivity contribution in [1.29, 1.82) is 0 Å². The van der Waals surface area contributed by atoms with Crippen molar-refractivity contribution in [2.75, 3.05) is 13.2 Å². The van der Waals surface area contributed by atoms with E-state index in [-0.39, 0.29) is 24.9 Å². The van der Waals surface area contributed by atoms with Crippen LogP contribution in [0.25, 0.3) is 0 Å². The molecule has 1 aromatic rings. The second-order valence-corrected chi connectivity index (χ2v) is 5.86. The molecule has 0 bridgehead atoms. The fourth-order valence-electron chi connectivity index (χ4n) is 2.32. The highest BCUT2D eigenvalue weighted by molar-refractivity contribution is 7.48. The Bertz CT molecular complexity index is 437. The third-order valence-corrected chi connectivity index (χ3v) is 4.57. The maximum atomic E-state index is 12.1. The van der Waals surface area contributed by atoms with Gasteiger partial charge in [0.2, 0.25) is 8.03 Å². The molecule has 6 heteroatoms. The van der Waals surface area contributed by atoms with Crippen molar-refractivity contribution >= 4 is 13.3 Å². The average Bonchev–Trinajstić information content (AvgIpc) is 2.95. The molecule has 98 valence electrons. The molecule has 2 aliphatic heterocycles. The van der Waals surface area contributed by atoms with E-state index >= 15 is 0 Å². The van der Waals surface area contributed by atoms with E-state index < -0.39 is 14.1 Å². The van der Waals surface area contributed by atoms with Gasteiger partial charge in [-0.1, -0.05) is 18.2 Å². The number of hydrogen-bond donors (Lipinski definition) is 1. The molecule has 1 N–H and O–H groups in total. The number of aliphatic hydroxyl groups is 1. The van der Waals surface area contributed by atoms with Gasteiger partial charge in [-0.05, 0) is 12.1 Å². The molecule has 3 rings (SSSR count). The van der Waals surface area contributed by atoms with Crippen molar-refractivity contribution in [3.63, 3.8) is 0 Å². The van der Waals surface area contributed by atoms with E-state index in [4.69, 9.17) is 14.0 Å². The zero-order chi connectivity index (χ0) is 12.5. The molecule has 5 nitrogen and oxygen atoms in total. The predicted octanol–water partition coefficient (Wildman–Crippen LogP) is 0.330. The number of ether oxygens (including phenoxy) is 2. The van der Waals surface area contributed by atoms with Crippen LogP contribution in [0.1, 0.15) is 0 Å². The zero-order valence-electron chi connectivity index (χ0n) is 9.69. The maximum Gasteiger partial charge on any atom is 0.221 e. The number of aliphatic hydroxyl groups excluding tert-OH is 1. The molecule has 0 radical (unpaired) electrons. The Kier molecular flexibility index (Phi) is 3.50. The van der Waals surface area contributed by atoms with Crippen molar-refractivity contribution in [1.82, 2.24) is 0 Å². The van der Waals surface area contributed by atoms with Crippen LogP contribution in [0.5, 0.6) is 0 Å². The Hall–Kier alpha value is -0.710. The van der Waals surface area contributed by atoms with Gasteiger partial charge in [0, 0.05) is 5.30 Å². The van der Waals surface area contributed by atoms with Gasteiger partial charge in [-0.2, -0.15) is 0 Å². The van der Waals surface area contributed by atoms with Crippen LogP contribution >= 0.6 is 8.03 Å². The number of fused-ring (bicyclic) bond motifs is 1. The first-order valence-electron chi connectivity index (χ1n) is 5.93. The van der Waals surface area contributed by atoms with Gasteiger partial charge in [0.05, 0.1) is 13.2 Å². The maximum absolute atomic E-state index is 12.1. The smallest absolute Gasteiger partial charge is 0.221 e. The highest BCUT2D eigenvalue weighted by atomic mass is 31.1. The molecule has 2 saturated heterocycles. The lowest BCUT2D eigenvalue weighted by atomic mass is 10.1. The quantitative estimate of drug-likeness (QED) is 0.802.